The van der Waals surface area contributed by atoms with E-state index in [1.807, 2.05) is 0 Å². The average molecular weight is 340 g/mol. The Morgan fingerprint density at radius 3 is 2.64 bits per heavy atom. The van der Waals surface area contributed by atoms with Crippen molar-refractivity contribution in [3.8, 4) is 11.7 Å². The molecule has 0 aliphatic rings. The van der Waals surface area contributed by atoms with E-state index in [1.54, 1.807) is 25.1 Å². The predicted molar refractivity (Wildman–Crippen MR) is 79.0 cm³/mol. The summed E-state index contributed by atoms with van der Waals surface area (Å²) in [4.78, 5) is 0. The number of aromatic nitrogens is 2. The Morgan fingerprint density at radius 2 is 1.95 bits per heavy atom. The SMILES string of the molecule is Cc1nnc(-c2ccc(S(=O)(=O)Nc3cccc(Cl)c3)o2)o1. The maximum Gasteiger partial charge on any atom is 0.295 e. The van der Waals surface area contributed by atoms with Crippen LogP contribution in [-0.2, 0) is 10.0 Å². The van der Waals surface area contributed by atoms with Crippen molar-refractivity contribution in [3.05, 3.63) is 47.3 Å². The van der Waals surface area contributed by atoms with Gasteiger partial charge in [0.1, 0.15) is 0 Å². The Balaban J connectivity index is 1.88. The summed E-state index contributed by atoms with van der Waals surface area (Å²) in [7, 11) is -3.88. The van der Waals surface area contributed by atoms with Gasteiger partial charge in [0.25, 0.3) is 15.9 Å². The van der Waals surface area contributed by atoms with Crippen LogP contribution in [0.2, 0.25) is 5.02 Å². The van der Waals surface area contributed by atoms with Crippen molar-refractivity contribution in [2.75, 3.05) is 4.72 Å². The highest BCUT2D eigenvalue weighted by Gasteiger charge is 2.21. The molecule has 0 spiro atoms. The molecule has 0 radical (unpaired) electrons. The Morgan fingerprint density at radius 1 is 1.14 bits per heavy atom. The number of nitrogens with zero attached hydrogens (tertiary/aromatic N) is 2. The molecule has 0 amide bonds. The molecule has 0 saturated heterocycles. The van der Waals surface area contributed by atoms with Crippen LogP contribution >= 0.6 is 11.6 Å². The summed E-state index contributed by atoms with van der Waals surface area (Å²) < 4.78 is 37.3. The van der Waals surface area contributed by atoms with Crippen LogP contribution in [0.1, 0.15) is 5.89 Å². The van der Waals surface area contributed by atoms with E-state index in [9.17, 15) is 8.42 Å². The molecule has 0 aliphatic carbocycles. The number of anilines is 1. The van der Waals surface area contributed by atoms with Gasteiger partial charge in [0.2, 0.25) is 11.0 Å². The third kappa shape index (κ3) is 2.97. The molecule has 0 aliphatic heterocycles. The van der Waals surface area contributed by atoms with Gasteiger partial charge >= 0.3 is 0 Å². The van der Waals surface area contributed by atoms with E-state index in [0.717, 1.165) is 0 Å². The maximum atomic E-state index is 12.2. The van der Waals surface area contributed by atoms with E-state index in [2.05, 4.69) is 14.9 Å². The third-order valence-electron chi connectivity index (χ3n) is 2.66. The summed E-state index contributed by atoms with van der Waals surface area (Å²) >= 11 is 5.82. The van der Waals surface area contributed by atoms with E-state index < -0.39 is 10.0 Å². The minimum Gasteiger partial charge on any atom is -0.438 e. The number of hydrogen-bond acceptors (Lipinski definition) is 6. The average Bonchev–Trinajstić information content (AvgIpc) is 3.06. The van der Waals surface area contributed by atoms with E-state index >= 15 is 0 Å². The normalized spacial score (nSPS) is 11.5. The molecule has 114 valence electrons. The van der Waals surface area contributed by atoms with E-state index in [0.29, 0.717) is 16.6 Å². The van der Waals surface area contributed by atoms with Gasteiger partial charge in [-0.25, -0.2) is 0 Å². The van der Waals surface area contributed by atoms with Crippen LogP contribution in [0.15, 0.2) is 50.3 Å². The second-order valence-electron chi connectivity index (χ2n) is 4.36. The van der Waals surface area contributed by atoms with Crippen molar-refractivity contribution in [1.82, 2.24) is 10.2 Å². The molecule has 3 aromatic rings. The lowest BCUT2D eigenvalue weighted by atomic mass is 10.3. The summed E-state index contributed by atoms with van der Waals surface area (Å²) in [6.07, 6.45) is 0. The first-order valence-electron chi connectivity index (χ1n) is 6.13. The molecule has 1 aromatic carbocycles. The number of benzene rings is 1. The fourth-order valence-corrected chi connectivity index (χ4v) is 2.91. The smallest absolute Gasteiger partial charge is 0.295 e. The number of nitrogens with one attached hydrogen (secondary N) is 1. The highest BCUT2D eigenvalue weighted by Crippen LogP contribution is 2.25. The Hall–Kier alpha value is -2.32. The van der Waals surface area contributed by atoms with Gasteiger partial charge in [-0.05, 0) is 30.3 Å². The number of aryl methyl sites for hydroxylation is 1. The zero-order chi connectivity index (χ0) is 15.7. The summed E-state index contributed by atoms with van der Waals surface area (Å²) in [6, 6.07) is 9.09. The first-order valence-corrected chi connectivity index (χ1v) is 7.99. The van der Waals surface area contributed by atoms with Crippen molar-refractivity contribution in [2.24, 2.45) is 0 Å². The first kappa shape index (κ1) is 14.6. The molecule has 22 heavy (non-hydrogen) atoms. The molecule has 2 aromatic heterocycles. The summed E-state index contributed by atoms with van der Waals surface area (Å²) in [5.41, 5.74) is 0.332. The molecule has 0 saturated carbocycles. The van der Waals surface area contributed by atoms with Gasteiger partial charge in [-0.15, -0.1) is 10.2 Å². The Labute approximate surface area is 131 Å². The van der Waals surface area contributed by atoms with Crippen molar-refractivity contribution in [2.45, 2.75) is 12.0 Å². The lowest BCUT2D eigenvalue weighted by molar-refractivity contribution is 0.439. The largest absolute Gasteiger partial charge is 0.438 e. The van der Waals surface area contributed by atoms with E-state index in [-0.39, 0.29) is 16.7 Å². The van der Waals surface area contributed by atoms with Gasteiger partial charge in [-0.1, -0.05) is 17.7 Å². The molecule has 0 fully saturated rings. The van der Waals surface area contributed by atoms with Crippen molar-refractivity contribution >= 4 is 27.3 Å². The van der Waals surface area contributed by atoms with Crippen LogP contribution < -0.4 is 4.72 Å². The minimum absolute atomic E-state index is 0.113. The summed E-state index contributed by atoms with van der Waals surface area (Å²) in [5.74, 6) is 0.640. The molecule has 9 heteroatoms. The van der Waals surface area contributed by atoms with Crippen LogP contribution in [0.5, 0.6) is 0 Å². The van der Waals surface area contributed by atoms with Crippen LogP contribution in [0, 0.1) is 6.92 Å². The quantitative estimate of drug-likeness (QED) is 0.784. The van der Waals surface area contributed by atoms with Crippen molar-refractivity contribution < 1.29 is 17.3 Å². The van der Waals surface area contributed by atoms with Crippen molar-refractivity contribution in [3.63, 3.8) is 0 Å². The lowest BCUT2D eigenvalue weighted by Crippen LogP contribution is -2.11. The molecular formula is C13H10ClN3O4S. The fraction of sp³-hybridized carbons (Fsp3) is 0.0769. The van der Waals surface area contributed by atoms with Gasteiger partial charge in [0, 0.05) is 11.9 Å². The van der Waals surface area contributed by atoms with Gasteiger partial charge in [0.05, 0.1) is 5.69 Å². The topological polar surface area (TPSA) is 98.2 Å². The Bertz CT molecular complexity index is 917. The molecule has 0 bridgehead atoms. The summed E-state index contributed by atoms with van der Waals surface area (Å²) in [5, 5.41) is 7.57. The van der Waals surface area contributed by atoms with Gasteiger partial charge in [-0.3, -0.25) is 4.72 Å². The molecule has 3 rings (SSSR count). The second-order valence-corrected chi connectivity index (χ2v) is 6.41. The van der Waals surface area contributed by atoms with Crippen LogP contribution in [0.4, 0.5) is 5.69 Å². The van der Waals surface area contributed by atoms with Gasteiger partial charge in [0.15, 0.2) is 5.76 Å². The highest BCUT2D eigenvalue weighted by atomic mass is 35.5. The maximum absolute atomic E-state index is 12.2. The molecule has 0 atom stereocenters. The number of rotatable bonds is 4. The monoisotopic (exact) mass is 339 g/mol. The van der Waals surface area contributed by atoms with Crippen LogP contribution in [0.3, 0.4) is 0 Å². The third-order valence-corrected chi connectivity index (χ3v) is 4.15. The minimum atomic E-state index is -3.88. The molecule has 0 unspecified atom stereocenters. The zero-order valence-electron chi connectivity index (χ0n) is 11.3. The first-order chi connectivity index (χ1) is 10.4. The van der Waals surface area contributed by atoms with Crippen LogP contribution in [0.25, 0.3) is 11.7 Å². The standard InChI is InChI=1S/C13H10ClN3O4S/c1-8-15-16-13(20-8)11-5-6-12(21-11)22(18,19)17-10-4-2-3-9(14)7-10/h2-7,17H,1H3. The molecule has 1 N–H and O–H groups in total. The molecule has 2 heterocycles. The van der Waals surface area contributed by atoms with Crippen LogP contribution in [-0.4, -0.2) is 18.6 Å². The number of hydrogen-bond donors (Lipinski definition) is 1. The molecular weight excluding hydrogens is 330 g/mol. The zero-order valence-corrected chi connectivity index (χ0v) is 12.9. The highest BCUT2D eigenvalue weighted by molar-refractivity contribution is 7.92. The number of sulfonamides is 1. The van der Waals surface area contributed by atoms with Crippen molar-refractivity contribution in [1.29, 1.82) is 0 Å². The number of furan rings is 1. The number of halogens is 1. The van der Waals surface area contributed by atoms with E-state index in [4.69, 9.17) is 20.4 Å². The second kappa shape index (κ2) is 5.47. The van der Waals surface area contributed by atoms with Gasteiger partial charge in [-0.2, -0.15) is 8.42 Å². The fourth-order valence-electron chi connectivity index (χ4n) is 1.73. The van der Waals surface area contributed by atoms with Gasteiger partial charge < -0.3 is 8.83 Å². The predicted octanol–water partition coefficient (Wildman–Crippen LogP) is 3.09. The van der Waals surface area contributed by atoms with E-state index in [1.165, 1.54) is 18.2 Å². The Kier molecular flexibility index (Phi) is 3.63. The summed E-state index contributed by atoms with van der Waals surface area (Å²) in [6.45, 7) is 1.62. The molecule has 7 nitrogen and oxygen atoms in total. The lowest BCUT2D eigenvalue weighted by Gasteiger charge is -2.05.